The number of hydrazine groups is 1. The maximum absolute atomic E-state index is 12.8. The van der Waals surface area contributed by atoms with Crippen LogP contribution >= 0.6 is 0 Å². The minimum atomic E-state index is -0.518. The largest absolute Gasteiger partial charge is 0.319 e. The second-order valence-corrected chi connectivity index (χ2v) is 5.24. The van der Waals surface area contributed by atoms with E-state index < -0.39 is 17.6 Å². The first-order valence-corrected chi connectivity index (χ1v) is 7.31. The molecule has 3 rings (SSSR count). The summed E-state index contributed by atoms with van der Waals surface area (Å²) in [6.07, 6.45) is 0. The number of aromatic nitrogens is 2. The van der Waals surface area contributed by atoms with E-state index in [1.54, 1.807) is 4.57 Å². The molecular formula is C17H15FN4O2. The van der Waals surface area contributed by atoms with E-state index in [0.29, 0.717) is 5.82 Å². The van der Waals surface area contributed by atoms with Gasteiger partial charge in [-0.3, -0.25) is 20.4 Å². The summed E-state index contributed by atoms with van der Waals surface area (Å²) in [5, 5.41) is 0. The number of carbonyl (C=O) groups is 2. The summed E-state index contributed by atoms with van der Waals surface area (Å²) >= 11 is 0. The van der Waals surface area contributed by atoms with E-state index >= 15 is 0 Å². The predicted molar refractivity (Wildman–Crippen MR) is 86.5 cm³/mol. The van der Waals surface area contributed by atoms with Crippen molar-refractivity contribution in [3.8, 4) is 0 Å². The summed E-state index contributed by atoms with van der Waals surface area (Å²) in [4.78, 5) is 28.3. The van der Waals surface area contributed by atoms with E-state index in [1.165, 1.54) is 24.3 Å². The topological polar surface area (TPSA) is 76.0 Å². The highest BCUT2D eigenvalue weighted by Crippen LogP contribution is 2.14. The Labute approximate surface area is 137 Å². The number of nitrogens with one attached hydrogen (secondary N) is 2. The van der Waals surface area contributed by atoms with Crippen LogP contribution in [0.25, 0.3) is 11.0 Å². The Balaban J connectivity index is 1.64. The highest BCUT2D eigenvalue weighted by atomic mass is 19.1. The van der Waals surface area contributed by atoms with Crippen molar-refractivity contribution in [2.75, 3.05) is 0 Å². The lowest BCUT2D eigenvalue weighted by Crippen LogP contribution is -2.43. The maximum Gasteiger partial charge on any atom is 0.269 e. The van der Waals surface area contributed by atoms with E-state index in [9.17, 15) is 14.0 Å². The van der Waals surface area contributed by atoms with E-state index in [2.05, 4.69) is 15.8 Å². The van der Waals surface area contributed by atoms with Crippen molar-refractivity contribution in [1.29, 1.82) is 0 Å². The zero-order valence-electron chi connectivity index (χ0n) is 12.9. The quantitative estimate of drug-likeness (QED) is 0.722. The minimum Gasteiger partial charge on any atom is -0.319 e. The number of para-hydroxylation sites is 2. The number of benzene rings is 2. The van der Waals surface area contributed by atoms with Gasteiger partial charge < -0.3 is 4.57 Å². The van der Waals surface area contributed by atoms with Crippen molar-refractivity contribution in [2.45, 2.75) is 13.5 Å². The molecule has 0 saturated heterocycles. The Kier molecular flexibility index (Phi) is 4.24. The molecule has 0 aliphatic heterocycles. The van der Waals surface area contributed by atoms with Crippen LogP contribution in [0.15, 0.2) is 48.5 Å². The summed E-state index contributed by atoms with van der Waals surface area (Å²) < 4.78 is 14.6. The molecule has 0 aliphatic carbocycles. The number of rotatable bonds is 3. The lowest BCUT2D eigenvalue weighted by Gasteiger charge is -2.09. The highest BCUT2D eigenvalue weighted by Gasteiger charge is 2.12. The van der Waals surface area contributed by atoms with Crippen LogP contribution in [0.2, 0.25) is 0 Å². The van der Waals surface area contributed by atoms with Gasteiger partial charge in [0.25, 0.3) is 11.8 Å². The number of nitrogens with zero attached hydrogens (tertiary/aromatic N) is 2. The van der Waals surface area contributed by atoms with Crippen molar-refractivity contribution >= 4 is 22.8 Å². The fourth-order valence-corrected chi connectivity index (χ4v) is 2.38. The van der Waals surface area contributed by atoms with Crippen molar-refractivity contribution in [3.05, 3.63) is 65.7 Å². The SMILES string of the molecule is Cc1nc2ccccc2n1CC(=O)NNC(=O)c1ccc(F)cc1. The molecule has 0 aliphatic rings. The van der Waals surface area contributed by atoms with Gasteiger partial charge in [0.1, 0.15) is 18.2 Å². The Morgan fingerprint density at radius 1 is 1.08 bits per heavy atom. The van der Waals surface area contributed by atoms with E-state index in [4.69, 9.17) is 0 Å². The summed E-state index contributed by atoms with van der Waals surface area (Å²) in [5.74, 6) is -0.637. The molecule has 2 aromatic carbocycles. The number of aryl methyl sites for hydroxylation is 1. The van der Waals surface area contributed by atoms with Crippen molar-refractivity contribution in [2.24, 2.45) is 0 Å². The number of fused-ring (bicyclic) bond motifs is 1. The second kappa shape index (κ2) is 6.49. The maximum atomic E-state index is 12.8. The molecule has 0 bridgehead atoms. The highest BCUT2D eigenvalue weighted by molar-refractivity contribution is 5.95. The van der Waals surface area contributed by atoms with Gasteiger partial charge in [0, 0.05) is 5.56 Å². The van der Waals surface area contributed by atoms with Gasteiger partial charge in [-0.15, -0.1) is 0 Å². The third kappa shape index (κ3) is 3.24. The smallest absolute Gasteiger partial charge is 0.269 e. The lowest BCUT2D eigenvalue weighted by atomic mass is 10.2. The molecule has 1 heterocycles. The molecular weight excluding hydrogens is 311 g/mol. The molecule has 0 unspecified atom stereocenters. The van der Waals surface area contributed by atoms with Crippen LogP contribution in [0.4, 0.5) is 4.39 Å². The van der Waals surface area contributed by atoms with Crippen molar-refractivity contribution in [1.82, 2.24) is 20.4 Å². The summed E-state index contributed by atoms with van der Waals surface area (Å²) in [5.41, 5.74) is 6.55. The molecule has 0 radical (unpaired) electrons. The average molecular weight is 326 g/mol. The number of hydrogen-bond donors (Lipinski definition) is 2. The number of hydrogen-bond acceptors (Lipinski definition) is 3. The molecule has 6 nitrogen and oxygen atoms in total. The molecule has 7 heteroatoms. The van der Waals surface area contributed by atoms with Crippen LogP contribution in [0, 0.1) is 12.7 Å². The molecule has 2 N–H and O–H groups in total. The first-order chi connectivity index (χ1) is 11.5. The van der Waals surface area contributed by atoms with Crippen LogP contribution in [0.3, 0.4) is 0 Å². The zero-order valence-corrected chi connectivity index (χ0v) is 12.9. The minimum absolute atomic E-state index is 0.0239. The lowest BCUT2D eigenvalue weighted by molar-refractivity contribution is -0.122. The van der Waals surface area contributed by atoms with Crippen LogP contribution in [-0.4, -0.2) is 21.4 Å². The van der Waals surface area contributed by atoms with Crippen molar-refractivity contribution in [3.63, 3.8) is 0 Å². The number of imidazole rings is 1. The fraction of sp³-hybridized carbons (Fsp3) is 0.118. The fourth-order valence-electron chi connectivity index (χ4n) is 2.38. The second-order valence-electron chi connectivity index (χ2n) is 5.24. The molecule has 0 saturated carbocycles. The standard InChI is InChI=1S/C17H15FN4O2/c1-11-19-14-4-2-3-5-15(14)22(11)10-16(23)20-21-17(24)12-6-8-13(18)9-7-12/h2-9H,10H2,1H3,(H,20,23)(H,21,24). The number of amides is 2. The third-order valence-electron chi connectivity index (χ3n) is 3.57. The Morgan fingerprint density at radius 2 is 1.79 bits per heavy atom. The zero-order chi connectivity index (χ0) is 17.1. The monoisotopic (exact) mass is 326 g/mol. The number of halogens is 1. The Bertz CT molecular complexity index is 903. The first kappa shape index (κ1) is 15.7. The molecule has 3 aromatic rings. The summed E-state index contributed by atoms with van der Waals surface area (Å²) in [7, 11) is 0. The molecule has 122 valence electrons. The Hall–Kier alpha value is -3.22. The van der Waals surface area contributed by atoms with E-state index in [0.717, 1.165) is 11.0 Å². The van der Waals surface area contributed by atoms with Crippen LogP contribution in [0.1, 0.15) is 16.2 Å². The van der Waals surface area contributed by atoms with Gasteiger partial charge in [0.05, 0.1) is 11.0 Å². The molecule has 1 aromatic heterocycles. The van der Waals surface area contributed by atoms with Gasteiger partial charge in [-0.05, 0) is 43.3 Å². The predicted octanol–water partition coefficient (Wildman–Crippen LogP) is 1.95. The molecule has 0 spiro atoms. The normalized spacial score (nSPS) is 10.6. The molecule has 0 atom stereocenters. The van der Waals surface area contributed by atoms with Gasteiger partial charge in [-0.1, -0.05) is 12.1 Å². The summed E-state index contributed by atoms with van der Waals surface area (Å²) in [6.45, 7) is 1.83. The van der Waals surface area contributed by atoms with Crippen molar-refractivity contribution < 1.29 is 14.0 Å². The van der Waals surface area contributed by atoms with Gasteiger partial charge >= 0.3 is 0 Å². The molecule has 0 fully saturated rings. The first-order valence-electron chi connectivity index (χ1n) is 7.31. The summed E-state index contributed by atoms with van der Waals surface area (Å²) in [6, 6.07) is 12.5. The number of carbonyl (C=O) groups excluding carboxylic acids is 2. The van der Waals surface area contributed by atoms with E-state index in [1.807, 2.05) is 31.2 Å². The van der Waals surface area contributed by atoms with Crippen LogP contribution in [-0.2, 0) is 11.3 Å². The van der Waals surface area contributed by atoms with Gasteiger partial charge in [0.2, 0.25) is 0 Å². The average Bonchev–Trinajstić information content (AvgIpc) is 2.89. The van der Waals surface area contributed by atoms with Gasteiger partial charge in [-0.25, -0.2) is 9.37 Å². The third-order valence-corrected chi connectivity index (χ3v) is 3.57. The molecule has 24 heavy (non-hydrogen) atoms. The Morgan fingerprint density at radius 3 is 2.54 bits per heavy atom. The van der Waals surface area contributed by atoms with Crippen LogP contribution in [0.5, 0.6) is 0 Å². The van der Waals surface area contributed by atoms with E-state index in [-0.39, 0.29) is 12.1 Å². The van der Waals surface area contributed by atoms with Crippen LogP contribution < -0.4 is 10.9 Å². The van der Waals surface area contributed by atoms with Gasteiger partial charge in [0.15, 0.2) is 0 Å². The molecule has 2 amide bonds. The van der Waals surface area contributed by atoms with Gasteiger partial charge in [-0.2, -0.15) is 0 Å².